The van der Waals surface area contributed by atoms with E-state index in [1.807, 2.05) is 0 Å². The van der Waals surface area contributed by atoms with E-state index in [-0.39, 0.29) is 0 Å². The van der Waals surface area contributed by atoms with Gasteiger partial charge in [0.05, 0.1) is 6.10 Å². The van der Waals surface area contributed by atoms with Crippen LogP contribution in [0.3, 0.4) is 0 Å². The highest BCUT2D eigenvalue weighted by Gasteiger charge is 2.31. The first kappa shape index (κ1) is 18.0. The molecule has 0 heterocycles. The standard InChI is InChI=1S/C18H37NO/c1-6-8-9-15(7-2)13-20-18-12-16(14(3)4)10-11-17(18)19-5/h14-19H,6-13H2,1-5H3. The smallest absolute Gasteiger partial charge is 0.0730 e. The Labute approximate surface area is 127 Å². The molecule has 0 aromatic carbocycles. The predicted octanol–water partition coefficient (Wildman–Crippen LogP) is 4.63. The molecule has 2 nitrogen and oxygen atoms in total. The van der Waals surface area contributed by atoms with E-state index in [0.29, 0.717) is 12.1 Å². The Hall–Kier alpha value is -0.0800. The molecular formula is C18H37NO. The van der Waals surface area contributed by atoms with Crippen LogP contribution in [0.4, 0.5) is 0 Å². The minimum absolute atomic E-state index is 0.428. The Bertz CT molecular complexity index is 242. The van der Waals surface area contributed by atoms with Crippen molar-refractivity contribution in [3.63, 3.8) is 0 Å². The number of nitrogens with one attached hydrogen (secondary N) is 1. The van der Waals surface area contributed by atoms with Crippen LogP contribution in [0.15, 0.2) is 0 Å². The molecule has 1 rings (SSSR count). The summed E-state index contributed by atoms with van der Waals surface area (Å²) in [6.07, 6.45) is 9.53. The van der Waals surface area contributed by atoms with E-state index in [1.54, 1.807) is 0 Å². The zero-order valence-corrected chi connectivity index (χ0v) is 14.5. The second-order valence-electron chi connectivity index (χ2n) is 7.00. The van der Waals surface area contributed by atoms with Crippen molar-refractivity contribution < 1.29 is 4.74 Å². The topological polar surface area (TPSA) is 21.3 Å². The van der Waals surface area contributed by atoms with E-state index >= 15 is 0 Å². The van der Waals surface area contributed by atoms with E-state index < -0.39 is 0 Å². The summed E-state index contributed by atoms with van der Waals surface area (Å²) in [6.45, 7) is 10.3. The molecule has 0 radical (unpaired) electrons. The number of likely N-dealkylation sites (N-methyl/N-ethyl adjacent to an activating group) is 1. The first-order valence-corrected chi connectivity index (χ1v) is 8.91. The monoisotopic (exact) mass is 283 g/mol. The van der Waals surface area contributed by atoms with E-state index in [4.69, 9.17) is 4.74 Å². The predicted molar refractivity (Wildman–Crippen MR) is 88.1 cm³/mol. The van der Waals surface area contributed by atoms with Gasteiger partial charge in [-0.3, -0.25) is 0 Å². The molecule has 1 saturated carbocycles. The van der Waals surface area contributed by atoms with Gasteiger partial charge < -0.3 is 10.1 Å². The maximum absolute atomic E-state index is 6.35. The summed E-state index contributed by atoms with van der Waals surface area (Å²) in [5.74, 6) is 2.40. The van der Waals surface area contributed by atoms with E-state index in [2.05, 4.69) is 40.1 Å². The third kappa shape index (κ3) is 5.73. The summed E-state index contributed by atoms with van der Waals surface area (Å²) in [6, 6.07) is 0.564. The molecule has 1 aliphatic rings. The van der Waals surface area contributed by atoms with Crippen LogP contribution in [0.2, 0.25) is 0 Å². The number of ether oxygens (including phenoxy) is 1. The Morgan fingerprint density at radius 2 is 1.95 bits per heavy atom. The van der Waals surface area contributed by atoms with Crippen molar-refractivity contribution in [3.8, 4) is 0 Å². The van der Waals surface area contributed by atoms with Crippen LogP contribution >= 0.6 is 0 Å². The lowest BCUT2D eigenvalue weighted by Crippen LogP contribution is -2.45. The van der Waals surface area contributed by atoms with Gasteiger partial charge in [0.25, 0.3) is 0 Å². The van der Waals surface area contributed by atoms with Gasteiger partial charge in [-0.25, -0.2) is 0 Å². The quantitative estimate of drug-likeness (QED) is 0.666. The molecule has 2 heteroatoms. The molecule has 1 N–H and O–H groups in total. The SMILES string of the molecule is CCCCC(CC)COC1CC(C(C)C)CCC1NC. The molecule has 1 aliphatic carbocycles. The van der Waals surface area contributed by atoms with Crippen LogP contribution in [-0.4, -0.2) is 25.8 Å². The van der Waals surface area contributed by atoms with Gasteiger partial charge in [-0.1, -0.05) is 47.0 Å². The van der Waals surface area contributed by atoms with Crippen molar-refractivity contribution in [2.75, 3.05) is 13.7 Å². The van der Waals surface area contributed by atoms with Gasteiger partial charge >= 0.3 is 0 Å². The molecule has 120 valence electrons. The fraction of sp³-hybridized carbons (Fsp3) is 1.00. The van der Waals surface area contributed by atoms with Gasteiger partial charge in [0, 0.05) is 12.6 Å². The Morgan fingerprint density at radius 1 is 1.20 bits per heavy atom. The summed E-state index contributed by atoms with van der Waals surface area (Å²) in [7, 11) is 2.09. The number of hydrogen-bond acceptors (Lipinski definition) is 2. The van der Waals surface area contributed by atoms with Gasteiger partial charge in [-0.05, 0) is 50.5 Å². The van der Waals surface area contributed by atoms with Gasteiger partial charge in [0.2, 0.25) is 0 Å². The Kier molecular flexibility index (Phi) is 8.79. The van der Waals surface area contributed by atoms with Crippen LogP contribution < -0.4 is 5.32 Å². The average Bonchev–Trinajstić information content (AvgIpc) is 2.47. The number of unbranched alkanes of at least 4 members (excludes halogenated alkanes) is 1. The Morgan fingerprint density at radius 3 is 2.50 bits per heavy atom. The van der Waals surface area contributed by atoms with Crippen molar-refractivity contribution in [1.82, 2.24) is 5.32 Å². The fourth-order valence-corrected chi connectivity index (χ4v) is 3.44. The molecular weight excluding hydrogens is 246 g/mol. The van der Waals surface area contributed by atoms with Crippen LogP contribution in [-0.2, 0) is 4.74 Å². The van der Waals surface area contributed by atoms with Crippen LogP contribution in [0.25, 0.3) is 0 Å². The zero-order valence-electron chi connectivity index (χ0n) is 14.5. The second-order valence-corrected chi connectivity index (χ2v) is 7.00. The van der Waals surface area contributed by atoms with E-state index in [9.17, 15) is 0 Å². The summed E-state index contributed by atoms with van der Waals surface area (Å²) in [5.41, 5.74) is 0. The molecule has 0 aliphatic heterocycles. The van der Waals surface area contributed by atoms with Gasteiger partial charge in [0.1, 0.15) is 0 Å². The maximum atomic E-state index is 6.35. The lowest BCUT2D eigenvalue weighted by Gasteiger charge is -2.38. The molecule has 20 heavy (non-hydrogen) atoms. The fourth-order valence-electron chi connectivity index (χ4n) is 3.44. The van der Waals surface area contributed by atoms with Crippen LogP contribution in [0.1, 0.15) is 72.6 Å². The van der Waals surface area contributed by atoms with E-state index in [1.165, 1.54) is 44.9 Å². The second kappa shape index (κ2) is 9.78. The normalized spacial score (nSPS) is 28.8. The molecule has 1 fully saturated rings. The Balaban J connectivity index is 2.44. The third-order valence-corrected chi connectivity index (χ3v) is 5.24. The first-order valence-electron chi connectivity index (χ1n) is 8.91. The first-order chi connectivity index (χ1) is 9.62. The minimum atomic E-state index is 0.428. The van der Waals surface area contributed by atoms with Crippen molar-refractivity contribution in [2.45, 2.75) is 84.8 Å². The van der Waals surface area contributed by atoms with Gasteiger partial charge in [0.15, 0.2) is 0 Å². The number of hydrogen-bond donors (Lipinski definition) is 1. The molecule has 0 aromatic rings. The summed E-state index contributed by atoms with van der Waals surface area (Å²) in [4.78, 5) is 0. The van der Waals surface area contributed by atoms with Crippen molar-refractivity contribution in [1.29, 1.82) is 0 Å². The maximum Gasteiger partial charge on any atom is 0.0730 e. The highest BCUT2D eigenvalue weighted by Crippen LogP contribution is 2.32. The number of rotatable bonds is 9. The molecule has 0 bridgehead atoms. The molecule has 0 aromatic heterocycles. The molecule has 0 spiro atoms. The van der Waals surface area contributed by atoms with Crippen LogP contribution in [0, 0.1) is 17.8 Å². The van der Waals surface area contributed by atoms with Crippen molar-refractivity contribution >= 4 is 0 Å². The van der Waals surface area contributed by atoms with Crippen LogP contribution in [0.5, 0.6) is 0 Å². The average molecular weight is 283 g/mol. The molecule has 4 atom stereocenters. The van der Waals surface area contributed by atoms with Crippen molar-refractivity contribution in [2.24, 2.45) is 17.8 Å². The molecule has 0 amide bonds. The molecule has 4 unspecified atom stereocenters. The summed E-state index contributed by atoms with van der Waals surface area (Å²) >= 11 is 0. The largest absolute Gasteiger partial charge is 0.376 e. The van der Waals surface area contributed by atoms with Gasteiger partial charge in [-0.15, -0.1) is 0 Å². The van der Waals surface area contributed by atoms with Crippen molar-refractivity contribution in [3.05, 3.63) is 0 Å². The zero-order chi connectivity index (χ0) is 15.0. The highest BCUT2D eigenvalue weighted by molar-refractivity contribution is 4.86. The molecule has 0 saturated heterocycles. The minimum Gasteiger partial charge on any atom is -0.376 e. The summed E-state index contributed by atoms with van der Waals surface area (Å²) < 4.78 is 6.35. The van der Waals surface area contributed by atoms with Gasteiger partial charge in [-0.2, -0.15) is 0 Å². The lowest BCUT2D eigenvalue weighted by molar-refractivity contribution is -0.0314. The van der Waals surface area contributed by atoms with E-state index in [0.717, 1.165) is 24.4 Å². The summed E-state index contributed by atoms with van der Waals surface area (Å²) in [5, 5.41) is 3.47. The lowest BCUT2D eigenvalue weighted by atomic mass is 9.78. The third-order valence-electron chi connectivity index (χ3n) is 5.24. The highest BCUT2D eigenvalue weighted by atomic mass is 16.5.